The predicted octanol–water partition coefficient (Wildman–Crippen LogP) is 2.25. The molecule has 1 unspecified atom stereocenters. The summed E-state index contributed by atoms with van der Waals surface area (Å²) in [5.74, 6) is -1.58. The summed E-state index contributed by atoms with van der Waals surface area (Å²) in [4.78, 5) is 11.6. The average Bonchev–Trinajstić information content (AvgIpc) is 2.21. The number of amides is 2. The zero-order valence-electron chi connectivity index (χ0n) is 10.4. The molecule has 0 bridgehead atoms. The van der Waals surface area contributed by atoms with E-state index in [-0.39, 0.29) is 5.69 Å². The second-order valence-electron chi connectivity index (χ2n) is 4.60. The number of nitrogens with one attached hydrogen (secondary N) is 2. The first-order valence-electron chi connectivity index (χ1n) is 5.44. The first-order chi connectivity index (χ1) is 8.22. The molecule has 6 heteroatoms. The zero-order valence-corrected chi connectivity index (χ0v) is 10.4. The van der Waals surface area contributed by atoms with Gasteiger partial charge >= 0.3 is 6.03 Å². The Morgan fingerprint density at radius 1 is 1.39 bits per heavy atom. The molecule has 0 aromatic heterocycles. The lowest BCUT2D eigenvalue weighted by atomic mass is 9.99. The molecule has 0 spiro atoms. The lowest BCUT2D eigenvalue weighted by molar-refractivity contribution is 0.103. The maximum atomic E-state index is 13.3. The van der Waals surface area contributed by atoms with Gasteiger partial charge in [0, 0.05) is 6.07 Å². The molecule has 1 rings (SSSR count). The van der Waals surface area contributed by atoms with Crippen LogP contribution in [0.5, 0.6) is 0 Å². The first kappa shape index (κ1) is 14.4. The minimum Gasteiger partial charge on any atom is -0.391 e. The third-order valence-electron chi connectivity index (χ3n) is 2.66. The van der Waals surface area contributed by atoms with E-state index in [4.69, 9.17) is 0 Å². The number of rotatable bonds is 3. The van der Waals surface area contributed by atoms with E-state index in [1.807, 2.05) is 0 Å². The molecule has 3 N–H and O–H groups in total. The molecule has 0 heterocycles. The Morgan fingerprint density at radius 2 is 2.00 bits per heavy atom. The average molecular weight is 258 g/mol. The Hall–Kier alpha value is -1.69. The van der Waals surface area contributed by atoms with Crippen LogP contribution in [0, 0.1) is 11.6 Å². The lowest BCUT2D eigenvalue weighted by Crippen LogP contribution is -2.52. The van der Waals surface area contributed by atoms with Gasteiger partial charge in [-0.1, -0.05) is 0 Å². The Labute approximate surface area is 104 Å². The van der Waals surface area contributed by atoms with E-state index in [9.17, 15) is 18.7 Å². The molecule has 2 amide bonds. The van der Waals surface area contributed by atoms with Crippen molar-refractivity contribution in [3.8, 4) is 0 Å². The molecule has 4 nitrogen and oxygen atoms in total. The molecule has 0 radical (unpaired) electrons. The van der Waals surface area contributed by atoms with E-state index < -0.39 is 29.3 Å². The summed E-state index contributed by atoms with van der Waals surface area (Å²) in [7, 11) is 0. The van der Waals surface area contributed by atoms with Crippen LogP contribution < -0.4 is 10.6 Å². The number of carbonyl (C=O) groups excluding carboxylic acids is 1. The number of urea groups is 1. The van der Waals surface area contributed by atoms with Crippen LogP contribution in [0.15, 0.2) is 18.2 Å². The molecule has 100 valence electrons. The summed E-state index contributed by atoms with van der Waals surface area (Å²) in [6.07, 6.45) is -0.777. The largest absolute Gasteiger partial charge is 0.391 e. The number of benzene rings is 1. The first-order valence-corrected chi connectivity index (χ1v) is 5.44. The van der Waals surface area contributed by atoms with Crippen LogP contribution in [-0.4, -0.2) is 22.8 Å². The van der Waals surface area contributed by atoms with Crippen molar-refractivity contribution in [3.63, 3.8) is 0 Å². The van der Waals surface area contributed by atoms with Gasteiger partial charge in [0.2, 0.25) is 0 Å². The van der Waals surface area contributed by atoms with Crippen molar-refractivity contribution in [1.29, 1.82) is 0 Å². The highest BCUT2D eigenvalue weighted by atomic mass is 19.1. The van der Waals surface area contributed by atoms with E-state index in [0.29, 0.717) is 6.07 Å². The number of aliphatic hydroxyl groups excluding tert-OH is 1. The normalized spacial score (nSPS) is 13.0. The lowest BCUT2D eigenvalue weighted by Gasteiger charge is -2.29. The van der Waals surface area contributed by atoms with Crippen LogP contribution in [-0.2, 0) is 0 Å². The minimum absolute atomic E-state index is 0.129. The van der Waals surface area contributed by atoms with Crippen molar-refractivity contribution < 1.29 is 18.7 Å². The second kappa shape index (κ2) is 5.30. The highest BCUT2D eigenvalue weighted by Crippen LogP contribution is 2.15. The Bertz CT molecular complexity index is 448. The summed E-state index contributed by atoms with van der Waals surface area (Å²) in [5, 5.41) is 14.2. The maximum absolute atomic E-state index is 13.3. The smallest absolute Gasteiger partial charge is 0.319 e. The number of anilines is 1. The molecule has 1 aromatic rings. The predicted molar refractivity (Wildman–Crippen MR) is 64.3 cm³/mol. The third-order valence-corrected chi connectivity index (χ3v) is 2.66. The number of carbonyl (C=O) groups is 1. The molecule has 0 saturated heterocycles. The molecule has 0 fully saturated rings. The topological polar surface area (TPSA) is 61.4 Å². The van der Waals surface area contributed by atoms with Gasteiger partial charge in [-0.2, -0.15) is 0 Å². The van der Waals surface area contributed by atoms with Gasteiger partial charge in [0.1, 0.15) is 11.6 Å². The van der Waals surface area contributed by atoms with Gasteiger partial charge in [-0.3, -0.25) is 0 Å². The monoisotopic (exact) mass is 258 g/mol. The number of halogens is 2. The Kier molecular flexibility index (Phi) is 4.24. The van der Waals surface area contributed by atoms with Crippen molar-refractivity contribution in [3.05, 3.63) is 29.8 Å². The molecule has 18 heavy (non-hydrogen) atoms. The number of hydrogen-bond acceptors (Lipinski definition) is 2. The fraction of sp³-hybridized carbons (Fsp3) is 0.417. The second-order valence-corrected chi connectivity index (χ2v) is 4.60. The molecule has 0 aliphatic heterocycles. The van der Waals surface area contributed by atoms with Crippen LogP contribution in [0.1, 0.15) is 20.8 Å². The van der Waals surface area contributed by atoms with Gasteiger partial charge in [-0.05, 0) is 32.9 Å². The van der Waals surface area contributed by atoms with Gasteiger partial charge in [0.05, 0.1) is 17.3 Å². The van der Waals surface area contributed by atoms with Crippen molar-refractivity contribution >= 4 is 11.7 Å². The summed E-state index contributed by atoms with van der Waals surface area (Å²) < 4.78 is 25.9. The maximum Gasteiger partial charge on any atom is 0.319 e. The van der Waals surface area contributed by atoms with E-state index in [1.165, 1.54) is 6.92 Å². The van der Waals surface area contributed by atoms with E-state index in [1.54, 1.807) is 13.8 Å². The minimum atomic E-state index is -0.861. The summed E-state index contributed by atoms with van der Waals surface area (Å²) in [5.41, 5.74) is -0.990. The van der Waals surface area contributed by atoms with Gasteiger partial charge in [0.15, 0.2) is 0 Å². The van der Waals surface area contributed by atoms with E-state index >= 15 is 0 Å². The fourth-order valence-corrected chi connectivity index (χ4v) is 1.14. The SMILES string of the molecule is CC(O)C(C)(C)NC(=O)Nc1ccc(F)cc1F. The quantitative estimate of drug-likeness (QED) is 0.778. The van der Waals surface area contributed by atoms with Crippen LogP contribution >= 0.6 is 0 Å². The van der Waals surface area contributed by atoms with Crippen LogP contribution in [0.3, 0.4) is 0 Å². The van der Waals surface area contributed by atoms with Crippen LogP contribution in [0.2, 0.25) is 0 Å². The third kappa shape index (κ3) is 3.66. The number of aliphatic hydroxyl groups is 1. The van der Waals surface area contributed by atoms with Crippen molar-refractivity contribution in [1.82, 2.24) is 5.32 Å². The van der Waals surface area contributed by atoms with Crippen molar-refractivity contribution in [2.24, 2.45) is 0 Å². The van der Waals surface area contributed by atoms with Gasteiger partial charge in [0.25, 0.3) is 0 Å². The highest BCUT2D eigenvalue weighted by Gasteiger charge is 2.26. The van der Waals surface area contributed by atoms with Gasteiger partial charge in [-0.25, -0.2) is 13.6 Å². The van der Waals surface area contributed by atoms with E-state index in [0.717, 1.165) is 12.1 Å². The molecule has 0 aliphatic rings. The molecule has 1 aromatic carbocycles. The van der Waals surface area contributed by atoms with Crippen LogP contribution in [0.4, 0.5) is 19.3 Å². The van der Waals surface area contributed by atoms with Gasteiger partial charge < -0.3 is 15.7 Å². The summed E-state index contributed by atoms with van der Waals surface area (Å²) in [6, 6.07) is 2.17. The van der Waals surface area contributed by atoms with E-state index in [2.05, 4.69) is 10.6 Å². The molecular formula is C12H16F2N2O2. The summed E-state index contributed by atoms with van der Waals surface area (Å²) in [6.45, 7) is 4.77. The zero-order chi connectivity index (χ0) is 13.9. The highest BCUT2D eigenvalue weighted by molar-refractivity contribution is 5.89. The van der Waals surface area contributed by atoms with Crippen LogP contribution in [0.25, 0.3) is 0 Å². The standard InChI is InChI=1S/C12H16F2N2O2/c1-7(17)12(2,3)16-11(18)15-10-5-4-8(13)6-9(10)14/h4-7,17H,1-3H3,(H2,15,16,18). The molecular weight excluding hydrogens is 242 g/mol. The van der Waals surface area contributed by atoms with Crippen molar-refractivity contribution in [2.45, 2.75) is 32.4 Å². The molecule has 1 atom stereocenters. The fourth-order valence-electron chi connectivity index (χ4n) is 1.14. The van der Waals surface area contributed by atoms with Gasteiger partial charge in [-0.15, -0.1) is 0 Å². The number of hydrogen-bond donors (Lipinski definition) is 3. The summed E-state index contributed by atoms with van der Waals surface area (Å²) >= 11 is 0. The Balaban J connectivity index is 2.71. The molecule has 0 aliphatic carbocycles. The van der Waals surface area contributed by atoms with Crippen molar-refractivity contribution in [2.75, 3.05) is 5.32 Å². The molecule has 0 saturated carbocycles. The Morgan fingerprint density at radius 3 is 2.50 bits per heavy atom.